The molecule has 1 aliphatic heterocycles. The van der Waals surface area contributed by atoms with Crippen molar-refractivity contribution in [2.45, 2.75) is 42.5 Å². The molecule has 2 unspecified atom stereocenters. The number of carboxylic acids is 1. The number of anilines is 2. The number of Topliss-reactive ketones (excluding diaryl/α,β-unsaturated/α-hetero) is 1. The summed E-state index contributed by atoms with van der Waals surface area (Å²) in [5.74, 6) is -4.75. The van der Waals surface area contributed by atoms with Gasteiger partial charge in [0.05, 0.1) is 17.8 Å². The minimum Gasteiger partial charge on any atom is -0.481 e. The van der Waals surface area contributed by atoms with Gasteiger partial charge in [-0.2, -0.15) is 0 Å². The number of fused-ring (bicyclic) bond motifs is 2. The number of aliphatic carboxylic acids is 1. The highest BCUT2D eigenvalue weighted by Gasteiger charge is 2.34. The zero-order valence-corrected chi connectivity index (χ0v) is 21.2. The van der Waals surface area contributed by atoms with Crippen molar-refractivity contribution in [3.05, 3.63) is 46.4 Å². The fourth-order valence-electron chi connectivity index (χ4n) is 3.73. The highest BCUT2D eigenvalue weighted by Crippen LogP contribution is 2.50. The van der Waals surface area contributed by atoms with Crippen molar-refractivity contribution in [1.29, 1.82) is 0 Å². The third-order valence-corrected chi connectivity index (χ3v) is 7.13. The van der Waals surface area contributed by atoms with E-state index in [2.05, 4.69) is 5.32 Å². The molecular formula is C24H23Cl2FN2O5S. The van der Waals surface area contributed by atoms with E-state index < -0.39 is 48.6 Å². The third-order valence-electron chi connectivity index (χ3n) is 5.55. The number of ketones is 1. The van der Waals surface area contributed by atoms with E-state index in [9.17, 15) is 23.6 Å². The van der Waals surface area contributed by atoms with Gasteiger partial charge in [0.15, 0.2) is 5.78 Å². The van der Waals surface area contributed by atoms with Crippen molar-refractivity contribution >= 4 is 69.9 Å². The highest BCUT2D eigenvalue weighted by atomic mass is 35.5. The molecule has 0 saturated carbocycles. The number of amides is 2. The maximum Gasteiger partial charge on any atom is 0.305 e. The first-order chi connectivity index (χ1) is 16.5. The smallest absolute Gasteiger partial charge is 0.305 e. The van der Waals surface area contributed by atoms with Gasteiger partial charge in [-0.25, -0.2) is 4.39 Å². The summed E-state index contributed by atoms with van der Waals surface area (Å²) in [4.78, 5) is 52.6. The number of alkyl halides is 1. The van der Waals surface area contributed by atoms with Gasteiger partial charge in [-0.1, -0.05) is 48.8 Å². The Labute approximate surface area is 216 Å². The molecule has 11 heteroatoms. The molecule has 1 heterocycles. The Hall–Kier alpha value is -2.62. The van der Waals surface area contributed by atoms with Crippen LogP contribution in [0.2, 0.25) is 10.0 Å². The van der Waals surface area contributed by atoms with Crippen LogP contribution in [0.15, 0.2) is 46.2 Å². The largest absolute Gasteiger partial charge is 0.481 e. The Morgan fingerprint density at radius 1 is 1.00 bits per heavy atom. The van der Waals surface area contributed by atoms with Crippen LogP contribution in [-0.2, 0) is 19.2 Å². The quantitative estimate of drug-likeness (QED) is 0.448. The summed E-state index contributed by atoms with van der Waals surface area (Å²) >= 11 is 13.8. The lowest BCUT2D eigenvalue weighted by Gasteiger charge is -2.33. The van der Waals surface area contributed by atoms with E-state index >= 15 is 0 Å². The summed E-state index contributed by atoms with van der Waals surface area (Å²) in [6, 6.07) is 8.74. The molecule has 2 atom stereocenters. The second-order valence-electron chi connectivity index (χ2n) is 8.37. The molecule has 3 rings (SSSR count). The maximum absolute atomic E-state index is 13.6. The summed E-state index contributed by atoms with van der Waals surface area (Å²) in [7, 11) is 0. The van der Waals surface area contributed by atoms with Crippen LogP contribution in [0.3, 0.4) is 0 Å². The number of rotatable bonds is 9. The van der Waals surface area contributed by atoms with Gasteiger partial charge in [0, 0.05) is 32.2 Å². The molecule has 0 fully saturated rings. The first-order valence-electron chi connectivity index (χ1n) is 10.7. The molecule has 0 spiro atoms. The standard InChI is InChI=1S/C24H23Cl2FN2O5S/c1-12(2)15(24(34)28-16(10-23(32)33)19(30)11-27)9-22(31)29-17-5-3-14(26)8-21(17)35-20-6-4-13(25)7-18(20)29/h3-8,12,15-16H,9-11H2,1-2H3,(H,28,34)(H,32,33). The zero-order valence-electron chi connectivity index (χ0n) is 18.9. The van der Waals surface area contributed by atoms with Gasteiger partial charge in [-0.3, -0.25) is 24.1 Å². The minimum atomic E-state index is -1.52. The first-order valence-corrected chi connectivity index (χ1v) is 12.3. The number of nitrogens with zero attached hydrogens (tertiary/aromatic N) is 1. The molecule has 35 heavy (non-hydrogen) atoms. The molecule has 2 aromatic rings. The third kappa shape index (κ3) is 6.34. The topological polar surface area (TPSA) is 104 Å². The maximum atomic E-state index is 13.6. The normalized spacial score (nSPS) is 14.1. The Kier molecular flexibility index (Phi) is 8.79. The summed E-state index contributed by atoms with van der Waals surface area (Å²) in [5, 5.41) is 12.3. The average molecular weight is 541 g/mol. The van der Waals surface area contributed by atoms with Crippen LogP contribution in [0.5, 0.6) is 0 Å². The van der Waals surface area contributed by atoms with Crippen molar-refractivity contribution in [3.63, 3.8) is 0 Å². The van der Waals surface area contributed by atoms with Gasteiger partial charge in [-0.15, -0.1) is 0 Å². The predicted octanol–water partition coefficient (Wildman–Crippen LogP) is 5.28. The number of hydrogen-bond acceptors (Lipinski definition) is 5. The summed E-state index contributed by atoms with van der Waals surface area (Å²) in [6.45, 7) is 2.04. The summed E-state index contributed by atoms with van der Waals surface area (Å²) < 4.78 is 12.9. The number of halogens is 3. The number of nitrogens with one attached hydrogen (secondary N) is 1. The van der Waals surface area contributed by atoms with E-state index in [4.69, 9.17) is 28.3 Å². The Balaban J connectivity index is 1.91. The molecular weight excluding hydrogens is 518 g/mol. The van der Waals surface area contributed by atoms with Gasteiger partial charge in [-0.05, 0) is 42.3 Å². The Bertz CT molecular complexity index is 1180. The molecule has 1 aliphatic rings. The average Bonchev–Trinajstić information content (AvgIpc) is 2.79. The molecule has 2 N–H and O–H groups in total. The molecule has 0 bridgehead atoms. The van der Waals surface area contributed by atoms with Crippen LogP contribution in [0.25, 0.3) is 0 Å². The van der Waals surface area contributed by atoms with E-state index in [1.165, 1.54) is 16.7 Å². The van der Waals surface area contributed by atoms with E-state index in [-0.39, 0.29) is 12.3 Å². The molecule has 0 saturated heterocycles. The summed E-state index contributed by atoms with van der Waals surface area (Å²) in [6.07, 6.45) is -0.998. The lowest BCUT2D eigenvalue weighted by molar-refractivity contribution is -0.141. The predicted molar refractivity (Wildman–Crippen MR) is 132 cm³/mol. The van der Waals surface area contributed by atoms with Gasteiger partial charge >= 0.3 is 5.97 Å². The van der Waals surface area contributed by atoms with Gasteiger partial charge in [0.1, 0.15) is 12.7 Å². The minimum absolute atomic E-state index is 0.244. The van der Waals surface area contributed by atoms with Crippen LogP contribution < -0.4 is 10.2 Å². The van der Waals surface area contributed by atoms with Crippen LogP contribution in [0, 0.1) is 11.8 Å². The molecule has 2 amide bonds. The fourth-order valence-corrected chi connectivity index (χ4v) is 5.21. The van der Waals surface area contributed by atoms with Crippen LogP contribution in [-0.4, -0.2) is 41.4 Å². The first kappa shape index (κ1) is 27.0. The Morgan fingerprint density at radius 2 is 1.66 bits per heavy atom. The number of carboxylic acid groups (broad SMARTS) is 1. The highest BCUT2D eigenvalue weighted by molar-refractivity contribution is 7.99. The molecule has 7 nitrogen and oxygen atoms in total. The van der Waals surface area contributed by atoms with E-state index in [0.717, 1.165) is 9.79 Å². The number of benzene rings is 2. The zero-order chi connectivity index (χ0) is 25.9. The molecule has 0 aromatic heterocycles. The van der Waals surface area contributed by atoms with Crippen molar-refractivity contribution in [3.8, 4) is 0 Å². The SMILES string of the molecule is CC(C)C(CC(=O)N1c2ccc(Cl)cc2Sc2ccc(Cl)cc21)C(=O)NC(CC(=O)O)C(=O)CF. The Morgan fingerprint density at radius 3 is 2.29 bits per heavy atom. The van der Waals surface area contributed by atoms with E-state index in [1.807, 2.05) is 0 Å². The van der Waals surface area contributed by atoms with Crippen molar-refractivity contribution in [1.82, 2.24) is 5.32 Å². The van der Waals surface area contributed by atoms with Crippen LogP contribution >= 0.6 is 35.0 Å². The van der Waals surface area contributed by atoms with Crippen molar-refractivity contribution < 1.29 is 28.7 Å². The van der Waals surface area contributed by atoms with Crippen LogP contribution in [0.4, 0.5) is 15.8 Å². The molecule has 2 aromatic carbocycles. The molecule has 0 radical (unpaired) electrons. The monoisotopic (exact) mass is 540 g/mol. The number of hydrogen-bond donors (Lipinski definition) is 2. The van der Waals surface area contributed by atoms with Gasteiger partial charge in [0.25, 0.3) is 0 Å². The van der Waals surface area contributed by atoms with E-state index in [0.29, 0.717) is 21.4 Å². The molecule has 186 valence electrons. The van der Waals surface area contributed by atoms with Gasteiger partial charge in [0.2, 0.25) is 11.8 Å². The number of carbonyl (C=O) groups is 4. The van der Waals surface area contributed by atoms with Crippen molar-refractivity contribution in [2.24, 2.45) is 11.8 Å². The van der Waals surface area contributed by atoms with Gasteiger partial charge < -0.3 is 10.4 Å². The molecule has 0 aliphatic carbocycles. The van der Waals surface area contributed by atoms with E-state index in [1.54, 1.807) is 50.2 Å². The van der Waals surface area contributed by atoms with Crippen LogP contribution in [0.1, 0.15) is 26.7 Å². The number of carbonyl (C=O) groups excluding carboxylic acids is 3. The second kappa shape index (κ2) is 11.4. The van der Waals surface area contributed by atoms with Crippen molar-refractivity contribution in [2.75, 3.05) is 11.6 Å². The lowest BCUT2D eigenvalue weighted by atomic mass is 9.90. The second-order valence-corrected chi connectivity index (χ2v) is 10.3. The fraction of sp³-hybridized carbons (Fsp3) is 0.333. The summed E-state index contributed by atoms with van der Waals surface area (Å²) in [5.41, 5.74) is 1.14. The lowest BCUT2D eigenvalue weighted by Crippen LogP contribution is -2.47.